The molecule has 0 bridgehead atoms. The van der Waals surface area contributed by atoms with Gasteiger partial charge in [-0.05, 0) is 38.9 Å². The molecule has 1 aliphatic heterocycles. The minimum Gasteiger partial charge on any atom is -0.341 e. The lowest BCUT2D eigenvalue weighted by Crippen LogP contribution is -2.38. The highest BCUT2D eigenvalue weighted by atomic mass is 35.5. The summed E-state index contributed by atoms with van der Waals surface area (Å²) in [5.74, 6) is 0.539. The molecule has 1 amide bonds. The number of amides is 1. The fraction of sp³-hybridized carbons (Fsp3) is 0.692. The van der Waals surface area contributed by atoms with E-state index in [0.717, 1.165) is 32.5 Å². The zero-order chi connectivity index (χ0) is 14.0. The first kappa shape index (κ1) is 14.3. The van der Waals surface area contributed by atoms with Crippen molar-refractivity contribution in [1.29, 1.82) is 0 Å². The molecule has 0 aromatic carbocycles. The maximum Gasteiger partial charge on any atom is 0.258 e. The Morgan fingerprint density at radius 3 is 2.63 bits per heavy atom. The van der Waals surface area contributed by atoms with Crippen molar-refractivity contribution in [2.45, 2.75) is 12.8 Å². The second-order valence-electron chi connectivity index (χ2n) is 5.40. The van der Waals surface area contributed by atoms with Crippen molar-refractivity contribution in [3.8, 4) is 0 Å². The Morgan fingerprint density at radius 2 is 2.11 bits per heavy atom. The van der Waals surface area contributed by atoms with Gasteiger partial charge in [-0.15, -0.1) is 0 Å². The third-order valence-electron chi connectivity index (χ3n) is 3.81. The van der Waals surface area contributed by atoms with Crippen molar-refractivity contribution in [3.05, 3.63) is 16.9 Å². The maximum absolute atomic E-state index is 12.3. The van der Waals surface area contributed by atoms with Gasteiger partial charge in [-0.1, -0.05) is 11.6 Å². The maximum atomic E-state index is 12.3. The lowest BCUT2D eigenvalue weighted by Gasteiger charge is -2.31. The van der Waals surface area contributed by atoms with Crippen LogP contribution in [-0.4, -0.2) is 59.2 Å². The van der Waals surface area contributed by atoms with Crippen LogP contribution in [-0.2, 0) is 7.05 Å². The molecule has 106 valence electrons. The lowest BCUT2D eigenvalue weighted by molar-refractivity contribution is 0.0747. The van der Waals surface area contributed by atoms with E-state index in [9.17, 15) is 4.79 Å². The van der Waals surface area contributed by atoms with Crippen LogP contribution in [0.1, 0.15) is 23.2 Å². The van der Waals surface area contributed by atoms with Crippen molar-refractivity contribution in [2.24, 2.45) is 13.0 Å². The van der Waals surface area contributed by atoms with Crippen LogP contribution in [0, 0.1) is 5.92 Å². The van der Waals surface area contributed by atoms with Gasteiger partial charge in [0.15, 0.2) is 0 Å². The molecule has 0 N–H and O–H groups in total. The first-order valence-corrected chi connectivity index (χ1v) is 6.98. The number of likely N-dealkylation sites (tertiary alicyclic amines) is 1. The van der Waals surface area contributed by atoms with Crippen LogP contribution in [0.15, 0.2) is 6.20 Å². The Morgan fingerprint density at radius 1 is 1.47 bits per heavy atom. The molecule has 0 atom stereocenters. The van der Waals surface area contributed by atoms with Gasteiger partial charge in [0.2, 0.25) is 0 Å². The van der Waals surface area contributed by atoms with Crippen molar-refractivity contribution >= 4 is 17.5 Å². The van der Waals surface area contributed by atoms with Gasteiger partial charge in [0, 0.05) is 20.6 Å². The van der Waals surface area contributed by atoms with Gasteiger partial charge < -0.3 is 9.80 Å². The summed E-state index contributed by atoms with van der Waals surface area (Å²) >= 11 is 6.06. The molecule has 0 saturated carbocycles. The van der Waals surface area contributed by atoms with Crippen LogP contribution >= 0.6 is 11.6 Å². The lowest BCUT2D eigenvalue weighted by atomic mass is 9.96. The standard InChI is InChI=1S/C13H21ClN4O/c1-16-6-4-10(5-7-16)9-17(2)13(19)11-8-15-18(3)12(11)14/h8,10H,4-7,9H2,1-3H3. The molecule has 0 spiro atoms. The van der Waals surface area contributed by atoms with E-state index in [1.165, 1.54) is 10.9 Å². The van der Waals surface area contributed by atoms with Crippen LogP contribution < -0.4 is 0 Å². The molecule has 0 aliphatic carbocycles. The average molecular weight is 285 g/mol. The van der Waals surface area contributed by atoms with Crippen LogP contribution in [0.3, 0.4) is 0 Å². The van der Waals surface area contributed by atoms with Gasteiger partial charge in [0.25, 0.3) is 5.91 Å². The van der Waals surface area contributed by atoms with E-state index in [-0.39, 0.29) is 5.91 Å². The van der Waals surface area contributed by atoms with E-state index in [1.54, 1.807) is 11.9 Å². The predicted molar refractivity (Wildman–Crippen MR) is 75.4 cm³/mol. The zero-order valence-corrected chi connectivity index (χ0v) is 12.5. The van der Waals surface area contributed by atoms with Crippen LogP contribution in [0.2, 0.25) is 5.15 Å². The van der Waals surface area contributed by atoms with Crippen molar-refractivity contribution in [2.75, 3.05) is 33.7 Å². The van der Waals surface area contributed by atoms with E-state index in [1.807, 2.05) is 7.05 Å². The first-order valence-electron chi connectivity index (χ1n) is 6.60. The zero-order valence-electron chi connectivity index (χ0n) is 11.8. The molecule has 5 nitrogen and oxygen atoms in total. The van der Waals surface area contributed by atoms with E-state index in [4.69, 9.17) is 11.6 Å². The van der Waals surface area contributed by atoms with Gasteiger partial charge in [0.1, 0.15) is 5.15 Å². The Balaban J connectivity index is 1.94. The van der Waals surface area contributed by atoms with Crippen molar-refractivity contribution in [1.82, 2.24) is 19.6 Å². The van der Waals surface area contributed by atoms with Gasteiger partial charge in [-0.3, -0.25) is 9.48 Å². The van der Waals surface area contributed by atoms with E-state index in [0.29, 0.717) is 16.6 Å². The number of nitrogens with zero attached hydrogens (tertiary/aromatic N) is 4. The highest BCUT2D eigenvalue weighted by molar-refractivity contribution is 6.32. The fourth-order valence-corrected chi connectivity index (χ4v) is 2.66. The van der Waals surface area contributed by atoms with Crippen molar-refractivity contribution < 1.29 is 4.79 Å². The summed E-state index contributed by atoms with van der Waals surface area (Å²) in [6.45, 7) is 3.01. The predicted octanol–water partition coefficient (Wildman–Crippen LogP) is 1.49. The monoisotopic (exact) mass is 284 g/mol. The average Bonchev–Trinajstić information content (AvgIpc) is 2.72. The van der Waals surface area contributed by atoms with Gasteiger partial charge in [-0.25, -0.2) is 0 Å². The molecule has 2 heterocycles. The molecule has 0 unspecified atom stereocenters. The van der Waals surface area contributed by atoms with Gasteiger partial charge in [-0.2, -0.15) is 5.10 Å². The number of halogens is 1. The summed E-state index contributed by atoms with van der Waals surface area (Å²) in [7, 11) is 5.71. The number of aromatic nitrogens is 2. The molecule has 1 saturated heterocycles. The summed E-state index contributed by atoms with van der Waals surface area (Å²) in [6.07, 6.45) is 3.83. The topological polar surface area (TPSA) is 41.4 Å². The summed E-state index contributed by atoms with van der Waals surface area (Å²) in [6, 6.07) is 0. The van der Waals surface area contributed by atoms with Crippen molar-refractivity contribution in [3.63, 3.8) is 0 Å². The van der Waals surface area contributed by atoms with E-state index < -0.39 is 0 Å². The number of hydrogen-bond donors (Lipinski definition) is 0. The molecule has 6 heteroatoms. The largest absolute Gasteiger partial charge is 0.341 e. The summed E-state index contributed by atoms with van der Waals surface area (Å²) in [4.78, 5) is 16.4. The molecular formula is C13H21ClN4O. The van der Waals surface area contributed by atoms with E-state index >= 15 is 0 Å². The number of piperidine rings is 1. The summed E-state index contributed by atoms with van der Waals surface area (Å²) < 4.78 is 1.51. The molecule has 1 aromatic rings. The van der Waals surface area contributed by atoms with Crippen LogP contribution in [0.25, 0.3) is 0 Å². The highest BCUT2D eigenvalue weighted by Crippen LogP contribution is 2.20. The molecule has 0 radical (unpaired) electrons. The molecule has 1 fully saturated rings. The SMILES string of the molecule is CN1CCC(CN(C)C(=O)c2cnn(C)c2Cl)CC1. The Hall–Kier alpha value is -1.07. The van der Waals surface area contributed by atoms with Gasteiger partial charge >= 0.3 is 0 Å². The second kappa shape index (κ2) is 5.92. The second-order valence-corrected chi connectivity index (χ2v) is 5.76. The minimum absolute atomic E-state index is 0.0444. The third-order valence-corrected chi connectivity index (χ3v) is 4.26. The van der Waals surface area contributed by atoms with Gasteiger partial charge in [0.05, 0.1) is 11.8 Å². The van der Waals surface area contributed by atoms with Crippen LogP contribution in [0.5, 0.6) is 0 Å². The molecule has 19 heavy (non-hydrogen) atoms. The first-order chi connectivity index (χ1) is 8.99. The number of aryl methyl sites for hydroxylation is 1. The smallest absolute Gasteiger partial charge is 0.258 e. The number of rotatable bonds is 3. The van der Waals surface area contributed by atoms with E-state index in [2.05, 4.69) is 17.0 Å². The number of carbonyl (C=O) groups is 1. The summed E-state index contributed by atoms with van der Waals surface area (Å²) in [5.41, 5.74) is 0.486. The van der Waals surface area contributed by atoms with Crippen LogP contribution in [0.4, 0.5) is 0 Å². The highest BCUT2D eigenvalue weighted by Gasteiger charge is 2.23. The number of hydrogen-bond acceptors (Lipinski definition) is 3. The Labute approximate surface area is 119 Å². The third kappa shape index (κ3) is 3.28. The number of carbonyl (C=O) groups excluding carboxylic acids is 1. The normalized spacial score (nSPS) is 17.7. The molecule has 1 aliphatic rings. The Kier molecular flexibility index (Phi) is 4.47. The fourth-order valence-electron chi connectivity index (χ4n) is 2.49. The minimum atomic E-state index is -0.0444. The Bertz CT molecular complexity index is 451. The quantitative estimate of drug-likeness (QED) is 0.844. The summed E-state index contributed by atoms with van der Waals surface area (Å²) in [5, 5.41) is 4.41. The molecule has 2 rings (SSSR count). The molecule has 1 aromatic heterocycles. The molecular weight excluding hydrogens is 264 g/mol.